The first-order valence-corrected chi connectivity index (χ1v) is 11.1. The maximum absolute atomic E-state index is 12.5. The molecule has 0 bridgehead atoms. The Hall–Kier alpha value is -3.79. The number of carbonyl (C=O) groups is 3. The van der Waals surface area contributed by atoms with Crippen molar-refractivity contribution in [1.29, 1.82) is 0 Å². The van der Waals surface area contributed by atoms with Crippen LogP contribution in [0.4, 0.5) is 4.79 Å². The van der Waals surface area contributed by atoms with E-state index in [4.69, 9.17) is 9.84 Å². The second-order valence-electron chi connectivity index (χ2n) is 8.36. The minimum absolute atomic E-state index is 0.0000519. The third-order valence-electron chi connectivity index (χ3n) is 6.26. The highest BCUT2D eigenvalue weighted by Crippen LogP contribution is 2.44. The summed E-state index contributed by atoms with van der Waals surface area (Å²) < 4.78 is 5.62. The molecule has 0 radical (unpaired) electrons. The SMILES string of the molecule is O=C(O)C#CCNC(=O)C1CCCC(NC(=O)OCC2c3ccccc3-c3ccccc32)C1. The predicted octanol–water partition coefficient (Wildman–Crippen LogP) is 3.29. The summed E-state index contributed by atoms with van der Waals surface area (Å²) in [4.78, 5) is 35.3. The first-order valence-electron chi connectivity index (χ1n) is 11.1. The van der Waals surface area contributed by atoms with Crippen molar-refractivity contribution >= 4 is 18.0 Å². The van der Waals surface area contributed by atoms with Gasteiger partial charge in [-0.15, -0.1) is 0 Å². The molecule has 2 aromatic rings. The Labute approximate surface area is 192 Å². The van der Waals surface area contributed by atoms with Crippen molar-refractivity contribution in [2.45, 2.75) is 37.6 Å². The number of aliphatic carboxylic acids is 1. The van der Waals surface area contributed by atoms with Crippen LogP contribution < -0.4 is 10.6 Å². The number of fused-ring (bicyclic) bond motifs is 3. The lowest BCUT2D eigenvalue weighted by molar-refractivity contribution is -0.130. The van der Waals surface area contributed by atoms with Gasteiger partial charge in [-0.25, -0.2) is 9.59 Å². The fourth-order valence-electron chi connectivity index (χ4n) is 4.76. The van der Waals surface area contributed by atoms with Crippen molar-refractivity contribution in [3.63, 3.8) is 0 Å². The van der Waals surface area contributed by atoms with Crippen molar-refractivity contribution < 1.29 is 24.2 Å². The molecule has 0 aliphatic heterocycles. The Morgan fingerprint density at radius 3 is 2.33 bits per heavy atom. The summed E-state index contributed by atoms with van der Waals surface area (Å²) in [6.45, 7) is 0.241. The van der Waals surface area contributed by atoms with Gasteiger partial charge in [-0.3, -0.25) is 4.79 Å². The van der Waals surface area contributed by atoms with Gasteiger partial charge in [0.05, 0.1) is 6.54 Å². The van der Waals surface area contributed by atoms with Crippen molar-refractivity contribution in [1.82, 2.24) is 10.6 Å². The number of amides is 2. The molecule has 0 spiro atoms. The fraction of sp³-hybridized carbons (Fsp3) is 0.346. The van der Waals surface area contributed by atoms with E-state index in [1.165, 1.54) is 11.1 Å². The van der Waals surface area contributed by atoms with Crippen LogP contribution in [-0.2, 0) is 14.3 Å². The largest absolute Gasteiger partial charge is 0.472 e. The van der Waals surface area contributed by atoms with Crippen LogP contribution in [0.2, 0.25) is 0 Å². The van der Waals surface area contributed by atoms with E-state index < -0.39 is 12.1 Å². The van der Waals surface area contributed by atoms with Gasteiger partial charge in [0.15, 0.2) is 0 Å². The second kappa shape index (κ2) is 10.2. The molecule has 170 valence electrons. The van der Waals surface area contributed by atoms with Crippen LogP contribution >= 0.6 is 0 Å². The summed E-state index contributed by atoms with van der Waals surface area (Å²) in [5.41, 5.74) is 4.67. The molecule has 7 heteroatoms. The number of nitrogens with one attached hydrogen (secondary N) is 2. The van der Waals surface area contributed by atoms with Crippen LogP contribution in [0.1, 0.15) is 42.7 Å². The summed E-state index contributed by atoms with van der Waals surface area (Å²) in [6, 6.07) is 16.2. The van der Waals surface area contributed by atoms with Crippen LogP contribution in [0, 0.1) is 17.8 Å². The fourth-order valence-corrected chi connectivity index (χ4v) is 4.76. The lowest BCUT2D eigenvalue weighted by atomic mass is 9.85. The highest BCUT2D eigenvalue weighted by atomic mass is 16.5. The standard InChI is InChI=1S/C26H26N2O5/c29-24(30)13-6-14-27-25(31)17-7-5-8-18(15-17)28-26(32)33-16-23-21-11-3-1-9-19(21)20-10-2-4-12-22(20)23/h1-4,9-12,17-18,23H,5,7-8,14-16H2,(H,27,31)(H,28,32)(H,29,30). The molecule has 2 aromatic carbocycles. The molecule has 2 unspecified atom stereocenters. The Bertz CT molecular complexity index is 1070. The van der Waals surface area contributed by atoms with Gasteiger partial charge in [0.2, 0.25) is 5.91 Å². The van der Waals surface area contributed by atoms with Gasteiger partial charge in [-0.2, -0.15) is 0 Å². The molecule has 3 N–H and O–H groups in total. The van der Waals surface area contributed by atoms with Crippen LogP contribution in [0.15, 0.2) is 48.5 Å². The van der Waals surface area contributed by atoms with E-state index in [0.717, 1.165) is 30.4 Å². The number of benzene rings is 2. The van der Waals surface area contributed by atoms with E-state index in [2.05, 4.69) is 40.8 Å². The molecule has 0 heterocycles. The van der Waals surface area contributed by atoms with E-state index in [-0.39, 0.29) is 36.9 Å². The number of carboxylic acid groups (broad SMARTS) is 1. The zero-order valence-corrected chi connectivity index (χ0v) is 18.2. The molecule has 0 aromatic heterocycles. The van der Waals surface area contributed by atoms with Crippen molar-refractivity contribution in [2.75, 3.05) is 13.2 Å². The van der Waals surface area contributed by atoms with Gasteiger partial charge < -0.3 is 20.5 Å². The van der Waals surface area contributed by atoms with E-state index in [1.54, 1.807) is 0 Å². The highest BCUT2D eigenvalue weighted by Gasteiger charge is 2.31. The van der Waals surface area contributed by atoms with E-state index in [1.807, 2.05) is 30.2 Å². The zero-order chi connectivity index (χ0) is 23.2. The highest BCUT2D eigenvalue weighted by molar-refractivity contribution is 5.86. The lowest BCUT2D eigenvalue weighted by Gasteiger charge is -2.28. The first-order chi connectivity index (χ1) is 16.0. The molecule has 0 saturated heterocycles. The topological polar surface area (TPSA) is 105 Å². The van der Waals surface area contributed by atoms with E-state index in [0.29, 0.717) is 6.42 Å². The summed E-state index contributed by atoms with van der Waals surface area (Å²) in [5, 5.41) is 14.1. The van der Waals surface area contributed by atoms with Crippen molar-refractivity contribution in [3.05, 3.63) is 59.7 Å². The third-order valence-corrected chi connectivity index (χ3v) is 6.26. The summed E-state index contributed by atoms with van der Waals surface area (Å²) >= 11 is 0. The first kappa shape index (κ1) is 22.4. The minimum Gasteiger partial charge on any atom is -0.472 e. The maximum atomic E-state index is 12.5. The normalized spacial score (nSPS) is 18.8. The van der Waals surface area contributed by atoms with Crippen molar-refractivity contribution in [2.24, 2.45) is 5.92 Å². The number of carboxylic acids is 1. The van der Waals surface area contributed by atoms with Crippen LogP contribution in [0.5, 0.6) is 0 Å². The lowest BCUT2D eigenvalue weighted by Crippen LogP contribution is -2.43. The molecule has 7 nitrogen and oxygen atoms in total. The van der Waals surface area contributed by atoms with Gasteiger partial charge >= 0.3 is 12.1 Å². The Kier molecular flexibility index (Phi) is 6.94. The Balaban J connectivity index is 1.29. The number of rotatable bonds is 5. The molecular formula is C26H26N2O5. The zero-order valence-electron chi connectivity index (χ0n) is 18.2. The maximum Gasteiger partial charge on any atom is 0.407 e. The molecule has 33 heavy (non-hydrogen) atoms. The molecule has 4 rings (SSSR count). The summed E-state index contributed by atoms with van der Waals surface area (Å²) in [6.07, 6.45) is 2.36. The van der Waals surface area contributed by atoms with Gasteiger partial charge in [0, 0.05) is 23.8 Å². The number of ether oxygens (including phenoxy) is 1. The Morgan fingerprint density at radius 2 is 1.67 bits per heavy atom. The summed E-state index contributed by atoms with van der Waals surface area (Å²) in [7, 11) is 0. The van der Waals surface area contributed by atoms with E-state index in [9.17, 15) is 14.4 Å². The summed E-state index contributed by atoms with van der Waals surface area (Å²) in [5.74, 6) is 2.71. The number of alkyl carbamates (subject to hydrolysis) is 1. The molecular weight excluding hydrogens is 420 g/mol. The molecule has 2 atom stereocenters. The van der Waals surface area contributed by atoms with Gasteiger partial charge in [0.1, 0.15) is 6.61 Å². The smallest absolute Gasteiger partial charge is 0.407 e. The molecule has 2 amide bonds. The number of hydrogen-bond donors (Lipinski definition) is 3. The monoisotopic (exact) mass is 446 g/mol. The minimum atomic E-state index is -1.23. The molecule has 2 aliphatic rings. The van der Waals surface area contributed by atoms with E-state index >= 15 is 0 Å². The average Bonchev–Trinajstić information content (AvgIpc) is 3.14. The van der Waals surface area contributed by atoms with Crippen LogP contribution in [0.3, 0.4) is 0 Å². The quantitative estimate of drug-likeness (QED) is 0.612. The molecule has 1 saturated carbocycles. The average molecular weight is 447 g/mol. The van der Waals surface area contributed by atoms with Crippen LogP contribution in [0.25, 0.3) is 11.1 Å². The predicted molar refractivity (Wildman–Crippen MR) is 122 cm³/mol. The van der Waals surface area contributed by atoms with Crippen LogP contribution in [-0.4, -0.2) is 42.3 Å². The van der Waals surface area contributed by atoms with Gasteiger partial charge in [-0.1, -0.05) is 60.9 Å². The molecule has 1 fully saturated rings. The van der Waals surface area contributed by atoms with Gasteiger partial charge in [-0.05, 0) is 41.5 Å². The van der Waals surface area contributed by atoms with Gasteiger partial charge in [0.25, 0.3) is 0 Å². The number of carbonyl (C=O) groups excluding carboxylic acids is 2. The molecule has 2 aliphatic carbocycles. The second-order valence-corrected chi connectivity index (χ2v) is 8.36. The van der Waals surface area contributed by atoms with Crippen molar-refractivity contribution in [3.8, 4) is 23.0 Å². The third kappa shape index (κ3) is 5.35. The Morgan fingerprint density at radius 1 is 1.00 bits per heavy atom. The number of hydrogen-bond acceptors (Lipinski definition) is 4.